The van der Waals surface area contributed by atoms with Crippen LogP contribution in [-0.4, -0.2) is 38.1 Å². The number of rotatable bonds is 9. The molecule has 0 unspecified atom stereocenters. The van der Waals surface area contributed by atoms with Gasteiger partial charge in [0.25, 0.3) is 6.43 Å². The minimum atomic E-state index is -2.77. The number of benzene rings is 1. The third kappa shape index (κ3) is 5.39. The fourth-order valence-corrected chi connectivity index (χ4v) is 3.78. The first kappa shape index (κ1) is 25.1. The second-order valence-electron chi connectivity index (χ2n) is 8.18. The zero-order chi connectivity index (χ0) is 26.6. The van der Waals surface area contributed by atoms with Crippen molar-refractivity contribution in [3.8, 4) is 28.5 Å². The second-order valence-corrected chi connectivity index (χ2v) is 8.18. The van der Waals surface area contributed by atoms with Gasteiger partial charge >= 0.3 is 0 Å². The lowest BCUT2D eigenvalue weighted by atomic mass is 10.1. The van der Waals surface area contributed by atoms with Gasteiger partial charge in [-0.15, -0.1) is 0 Å². The van der Waals surface area contributed by atoms with Crippen LogP contribution in [-0.2, 0) is 6.54 Å². The molecule has 0 aliphatic carbocycles. The summed E-state index contributed by atoms with van der Waals surface area (Å²) < 4.78 is 59.6. The molecule has 0 bridgehead atoms. The fraction of sp³-hybridized carbons (Fsp3) is 0.154. The molecule has 4 aromatic heterocycles. The van der Waals surface area contributed by atoms with Crippen LogP contribution in [0.5, 0.6) is 5.75 Å². The van der Waals surface area contributed by atoms with Crippen molar-refractivity contribution in [1.82, 2.24) is 24.9 Å². The van der Waals surface area contributed by atoms with E-state index >= 15 is 0 Å². The molecular formula is C26H21F4N7O. The minimum Gasteiger partial charge on any atom is -0.491 e. The van der Waals surface area contributed by atoms with E-state index in [1.807, 2.05) is 0 Å². The van der Waals surface area contributed by atoms with E-state index in [1.165, 1.54) is 18.2 Å². The highest BCUT2D eigenvalue weighted by molar-refractivity contribution is 5.82. The first-order chi connectivity index (χ1) is 18.4. The summed E-state index contributed by atoms with van der Waals surface area (Å²) >= 11 is 0. The van der Waals surface area contributed by atoms with Gasteiger partial charge in [-0.1, -0.05) is 6.07 Å². The summed E-state index contributed by atoms with van der Waals surface area (Å²) in [5.41, 5.74) is 7.65. The molecule has 38 heavy (non-hydrogen) atoms. The Labute approximate surface area is 213 Å². The maximum absolute atomic E-state index is 14.1. The lowest BCUT2D eigenvalue weighted by Gasteiger charge is -2.07. The summed E-state index contributed by atoms with van der Waals surface area (Å²) in [5.74, 6) is -0.619. The van der Waals surface area contributed by atoms with Crippen molar-refractivity contribution in [2.24, 2.45) is 5.73 Å². The quantitative estimate of drug-likeness (QED) is 0.226. The molecule has 12 heteroatoms. The monoisotopic (exact) mass is 523 g/mol. The van der Waals surface area contributed by atoms with Crippen LogP contribution < -0.4 is 15.8 Å². The van der Waals surface area contributed by atoms with Gasteiger partial charge in [-0.3, -0.25) is 4.98 Å². The lowest BCUT2D eigenvalue weighted by Crippen LogP contribution is -2.10. The molecular weight excluding hydrogens is 502 g/mol. The summed E-state index contributed by atoms with van der Waals surface area (Å²) in [6.45, 7) is 0.678. The molecule has 4 heterocycles. The number of aromatic nitrogens is 5. The number of nitrogens with one attached hydrogen (secondary N) is 2. The molecule has 0 aliphatic rings. The highest BCUT2D eigenvalue weighted by Crippen LogP contribution is 2.31. The number of alkyl halides is 2. The Bertz CT molecular complexity index is 1590. The predicted molar refractivity (Wildman–Crippen MR) is 134 cm³/mol. The fourth-order valence-electron chi connectivity index (χ4n) is 3.78. The highest BCUT2D eigenvalue weighted by atomic mass is 19.3. The maximum atomic E-state index is 14.1. The van der Waals surface area contributed by atoms with Gasteiger partial charge in [0.1, 0.15) is 41.2 Å². The molecule has 5 aromatic rings. The number of hydrogen-bond acceptors (Lipinski definition) is 7. The molecule has 0 saturated carbocycles. The van der Waals surface area contributed by atoms with Crippen LogP contribution in [0.4, 0.5) is 23.2 Å². The molecule has 1 aromatic carbocycles. The molecule has 0 aliphatic heterocycles. The van der Waals surface area contributed by atoms with Gasteiger partial charge in [-0.25, -0.2) is 32.5 Å². The van der Waals surface area contributed by atoms with E-state index < -0.39 is 23.8 Å². The van der Waals surface area contributed by atoms with E-state index in [9.17, 15) is 17.6 Å². The third-order valence-electron chi connectivity index (χ3n) is 5.52. The molecule has 194 valence electrons. The first-order valence-corrected chi connectivity index (χ1v) is 11.5. The Morgan fingerprint density at radius 3 is 2.61 bits per heavy atom. The van der Waals surface area contributed by atoms with Gasteiger partial charge in [-0.05, 0) is 36.4 Å². The zero-order valence-electron chi connectivity index (χ0n) is 19.8. The number of hydrogen-bond donors (Lipinski definition) is 3. The molecule has 4 N–H and O–H groups in total. The van der Waals surface area contributed by atoms with Crippen molar-refractivity contribution >= 4 is 16.7 Å². The van der Waals surface area contributed by atoms with Crippen molar-refractivity contribution in [3.63, 3.8) is 0 Å². The van der Waals surface area contributed by atoms with Crippen molar-refractivity contribution < 1.29 is 22.3 Å². The molecule has 0 amide bonds. The van der Waals surface area contributed by atoms with Crippen LogP contribution in [0.3, 0.4) is 0 Å². The smallest absolute Gasteiger partial charge is 0.280 e. The molecule has 0 fully saturated rings. The van der Waals surface area contributed by atoms with Gasteiger partial charge in [0, 0.05) is 18.7 Å². The van der Waals surface area contributed by atoms with Gasteiger partial charge in [0.2, 0.25) is 0 Å². The van der Waals surface area contributed by atoms with Crippen molar-refractivity contribution in [2.45, 2.75) is 13.0 Å². The molecule has 0 spiro atoms. The van der Waals surface area contributed by atoms with Gasteiger partial charge < -0.3 is 20.8 Å². The number of halogens is 4. The Morgan fingerprint density at radius 1 is 0.947 bits per heavy atom. The van der Waals surface area contributed by atoms with E-state index in [-0.39, 0.29) is 23.6 Å². The van der Waals surface area contributed by atoms with Crippen LogP contribution in [0.2, 0.25) is 0 Å². The van der Waals surface area contributed by atoms with Crippen molar-refractivity contribution in [1.29, 1.82) is 0 Å². The Kier molecular flexibility index (Phi) is 7.13. The van der Waals surface area contributed by atoms with E-state index in [4.69, 9.17) is 10.5 Å². The first-order valence-electron chi connectivity index (χ1n) is 11.5. The van der Waals surface area contributed by atoms with E-state index in [0.29, 0.717) is 47.1 Å². The summed E-state index contributed by atoms with van der Waals surface area (Å²) in [4.78, 5) is 20.8. The SMILES string of the molecule is NCCOc1cnc2ccc(-c3[nH]c(CNc4ccc(F)cc4F)nc3-c3cccc(C(F)F)n3)nc2c1. The third-order valence-corrected chi connectivity index (χ3v) is 5.52. The summed E-state index contributed by atoms with van der Waals surface area (Å²) in [6, 6.07) is 12.6. The van der Waals surface area contributed by atoms with Gasteiger partial charge in [0.15, 0.2) is 0 Å². The number of imidazole rings is 1. The number of anilines is 1. The largest absolute Gasteiger partial charge is 0.491 e. The summed E-state index contributed by atoms with van der Waals surface area (Å²) in [7, 11) is 0. The number of H-pyrrole nitrogens is 1. The maximum Gasteiger partial charge on any atom is 0.280 e. The van der Waals surface area contributed by atoms with Crippen molar-refractivity contribution in [3.05, 3.63) is 83.9 Å². The van der Waals surface area contributed by atoms with Crippen LogP contribution in [0.25, 0.3) is 33.8 Å². The van der Waals surface area contributed by atoms with E-state index in [2.05, 4.69) is 30.2 Å². The van der Waals surface area contributed by atoms with E-state index in [0.717, 1.165) is 12.1 Å². The lowest BCUT2D eigenvalue weighted by molar-refractivity contribution is 0.146. The molecule has 0 atom stereocenters. The number of ether oxygens (including phenoxy) is 1. The van der Waals surface area contributed by atoms with Crippen LogP contribution >= 0.6 is 0 Å². The highest BCUT2D eigenvalue weighted by Gasteiger charge is 2.19. The predicted octanol–water partition coefficient (Wildman–Crippen LogP) is 5.25. The minimum absolute atomic E-state index is 0.0241. The van der Waals surface area contributed by atoms with Crippen LogP contribution in [0.15, 0.2) is 60.8 Å². The zero-order valence-corrected chi connectivity index (χ0v) is 19.8. The Balaban J connectivity index is 1.55. The topological polar surface area (TPSA) is 115 Å². The number of nitrogens with two attached hydrogens (primary N) is 1. The molecule has 0 saturated heterocycles. The van der Waals surface area contributed by atoms with Crippen LogP contribution in [0, 0.1) is 11.6 Å². The second kappa shape index (κ2) is 10.8. The number of nitrogens with zero attached hydrogens (tertiary/aromatic N) is 4. The van der Waals surface area contributed by atoms with Crippen LogP contribution in [0.1, 0.15) is 17.9 Å². The van der Waals surface area contributed by atoms with E-state index in [1.54, 1.807) is 30.5 Å². The molecule has 8 nitrogen and oxygen atoms in total. The standard InChI is InChI=1S/C26H21F4N7O/c27-14-4-5-17(16(28)10-14)33-13-23-36-24(19-2-1-3-21(34-19)26(29)30)25(37-23)20-7-6-18-22(35-20)11-15(12-32-18)38-9-8-31/h1-7,10-12,26,33H,8-9,13,31H2,(H,36,37). The average molecular weight is 523 g/mol. The van der Waals surface area contributed by atoms with Crippen molar-refractivity contribution in [2.75, 3.05) is 18.5 Å². The van der Waals surface area contributed by atoms with Gasteiger partial charge in [-0.2, -0.15) is 0 Å². The number of pyridine rings is 3. The average Bonchev–Trinajstić information content (AvgIpc) is 3.35. The Morgan fingerprint density at radius 2 is 1.82 bits per heavy atom. The van der Waals surface area contributed by atoms with Gasteiger partial charge in [0.05, 0.1) is 46.5 Å². The summed E-state index contributed by atoms with van der Waals surface area (Å²) in [6.07, 6.45) is -1.20. The number of aromatic amines is 1. The Hall–Kier alpha value is -4.58. The summed E-state index contributed by atoms with van der Waals surface area (Å²) in [5, 5.41) is 2.85. The number of fused-ring (bicyclic) bond motifs is 1. The normalized spacial score (nSPS) is 11.3. The molecule has 5 rings (SSSR count). The molecule has 0 radical (unpaired) electrons.